The van der Waals surface area contributed by atoms with Crippen molar-refractivity contribution in [2.24, 2.45) is 5.41 Å². The van der Waals surface area contributed by atoms with Crippen molar-refractivity contribution in [2.45, 2.75) is 25.9 Å². The number of carbonyl (C=O) groups excluding carboxylic acids is 1. The highest BCUT2D eigenvalue weighted by atomic mass is 16.5. The number of methoxy groups -OCH3 is 1. The molecule has 0 bridgehead atoms. The molecule has 1 aliphatic heterocycles. The number of carbonyl (C=O) groups is 1. The van der Waals surface area contributed by atoms with E-state index in [0.717, 1.165) is 25.0 Å². The van der Waals surface area contributed by atoms with Crippen LogP contribution in [0.1, 0.15) is 19.8 Å². The van der Waals surface area contributed by atoms with Gasteiger partial charge in [0.25, 0.3) is 0 Å². The molecule has 1 aliphatic carbocycles. The predicted molar refractivity (Wildman–Crippen MR) is 47.2 cm³/mol. The lowest BCUT2D eigenvalue weighted by molar-refractivity contribution is -0.135. The van der Waals surface area contributed by atoms with Gasteiger partial charge in [0, 0.05) is 18.1 Å². The summed E-state index contributed by atoms with van der Waals surface area (Å²) in [5.41, 5.74) is 1.38. The van der Waals surface area contributed by atoms with Gasteiger partial charge in [0.1, 0.15) is 0 Å². The first-order chi connectivity index (χ1) is 6.15. The molecule has 2 atom stereocenters. The number of rotatable bonds is 1. The van der Waals surface area contributed by atoms with E-state index in [1.165, 1.54) is 7.11 Å². The fraction of sp³-hybridized carbons (Fsp3) is 0.700. The largest absolute Gasteiger partial charge is 0.466 e. The van der Waals surface area contributed by atoms with E-state index in [-0.39, 0.29) is 12.1 Å². The second kappa shape index (κ2) is 2.84. The molecule has 72 valence electrons. The Balaban J connectivity index is 2.07. The van der Waals surface area contributed by atoms with Crippen LogP contribution < -0.4 is 0 Å². The normalized spacial score (nSPS) is 39.8. The quantitative estimate of drug-likeness (QED) is 0.452. The first kappa shape index (κ1) is 8.75. The summed E-state index contributed by atoms with van der Waals surface area (Å²) in [6.45, 7) is 3.03. The van der Waals surface area contributed by atoms with Crippen LogP contribution >= 0.6 is 0 Å². The van der Waals surface area contributed by atoms with Crippen molar-refractivity contribution < 1.29 is 14.3 Å². The van der Waals surface area contributed by atoms with Gasteiger partial charge in [0.05, 0.1) is 13.2 Å². The van der Waals surface area contributed by atoms with E-state index in [1.54, 1.807) is 6.08 Å². The maximum atomic E-state index is 11.0. The zero-order valence-corrected chi connectivity index (χ0v) is 8.00. The number of ether oxygens (including phenoxy) is 2. The molecule has 0 aromatic heterocycles. The summed E-state index contributed by atoms with van der Waals surface area (Å²) in [7, 11) is 1.40. The number of hydrogen-bond acceptors (Lipinski definition) is 3. The van der Waals surface area contributed by atoms with Crippen molar-refractivity contribution in [2.75, 3.05) is 13.7 Å². The fourth-order valence-electron chi connectivity index (χ4n) is 2.24. The second-order valence-corrected chi connectivity index (χ2v) is 4.07. The van der Waals surface area contributed by atoms with Crippen molar-refractivity contribution in [3.05, 3.63) is 11.6 Å². The Bertz CT molecular complexity index is 269. The summed E-state index contributed by atoms with van der Waals surface area (Å²) in [5.74, 6) is -0.271. The smallest absolute Gasteiger partial charge is 0.330 e. The Hall–Kier alpha value is -0.830. The molecule has 0 aromatic rings. The van der Waals surface area contributed by atoms with E-state index < -0.39 is 0 Å². The Morgan fingerprint density at radius 3 is 3.15 bits per heavy atom. The first-order valence-electron chi connectivity index (χ1n) is 4.56. The minimum absolute atomic E-state index is 0.173. The van der Waals surface area contributed by atoms with Crippen LogP contribution in [0.4, 0.5) is 0 Å². The standard InChI is InChI=1S/C10H14O3/c1-10-3-4-13-9(10)7(6-10)5-8(11)12-2/h5,9H,3-4,6H2,1-2H3/t9-,10-/m0/s1. The summed E-state index contributed by atoms with van der Waals surface area (Å²) < 4.78 is 10.1. The molecule has 0 amide bonds. The Labute approximate surface area is 77.7 Å². The van der Waals surface area contributed by atoms with Crippen LogP contribution in [0, 0.1) is 5.41 Å². The van der Waals surface area contributed by atoms with Crippen molar-refractivity contribution in [3.63, 3.8) is 0 Å². The lowest BCUT2D eigenvalue weighted by Crippen LogP contribution is -2.41. The second-order valence-electron chi connectivity index (χ2n) is 4.07. The van der Waals surface area contributed by atoms with E-state index in [9.17, 15) is 4.79 Å². The van der Waals surface area contributed by atoms with Gasteiger partial charge in [0.15, 0.2) is 0 Å². The first-order valence-corrected chi connectivity index (χ1v) is 4.56. The Kier molecular flexibility index (Phi) is 1.91. The van der Waals surface area contributed by atoms with Crippen molar-refractivity contribution >= 4 is 5.97 Å². The van der Waals surface area contributed by atoms with E-state index in [0.29, 0.717) is 5.41 Å². The maximum Gasteiger partial charge on any atom is 0.330 e. The highest BCUT2D eigenvalue weighted by Gasteiger charge is 2.51. The van der Waals surface area contributed by atoms with Crippen LogP contribution in [-0.4, -0.2) is 25.8 Å². The molecule has 0 spiro atoms. The van der Waals surface area contributed by atoms with Gasteiger partial charge in [-0.25, -0.2) is 4.79 Å². The average Bonchev–Trinajstić information content (AvgIpc) is 2.38. The van der Waals surface area contributed by atoms with E-state index >= 15 is 0 Å². The number of fused-ring (bicyclic) bond motifs is 1. The molecule has 2 fully saturated rings. The van der Waals surface area contributed by atoms with Gasteiger partial charge in [-0.05, 0) is 18.4 Å². The fourth-order valence-corrected chi connectivity index (χ4v) is 2.24. The highest BCUT2D eigenvalue weighted by Crippen LogP contribution is 2.53. The minimum atomic E-state index is -0.271. The van der Waals surface area contributed by atoms with Crippen molar-refractivity contribution in [1.29, 1.82) is 0 Å². The summed E-state index contributed by atoms with van der Waals surface area (Å²) in [6, 6.07) is 0. The highest BCUT2D eigenvalue weighted by molar-refractivity contribution is 5.83. The van der Waals surface area contributed by atoms with Crippen LogP contribution in [0.2, 0.25) is 0 Å². The van der Waals surface area contributed by atoms with Crippen molar-refractivity contribution in [3.8, 4) is 0 Å². The topological polar surface area (TPSA) is 35.5 Å². The molecular formula is C10H14O3. The van der Waals surface area contributed by atoms with E-state index in [2.05, 4.69) is 11.7 Å². The summed E-state index contributed by atoms with van der Waals surface area (Å²) in [4.78, 5) is 11.0. The molecule has 0 N–H and O–H groups in total. The molecule has 2 rings (SSSR count). The molecule has 0 radical (unpaired) electrons. The third kappa shape index (κ3) is 1.27. The summed E-state index contributed by atoms with van der Waals surface area (Å²) in [5, 5.41) is 0. The molecule has 1 heterocycles. The molecular weight excluding hydrogens is 168 g/mol. The van der Waals surface area contributed by atoms with Crippen LogP contribution in [0.3, 0.4) is 0 Å². The monoisotopic (exact) mass is 182 g/mol. The SMILES string of the molecule is COC(=O)C=C1C[C@]2(C)CCO[C@@H]12. The number of hydrogen-bond donors (Lipinski definition) is 0. The average molecular weight is 182 g/mol. The van der Waals surface area contributed by atoms with Crippen molar-refractivity contribution in [1.82, 2.24) is 0 Å². The predicted octanol–water partition coefficient (Wildman–Crippen LogP) is 1.28. The molecule has 13 heavy (non-hydrogen) atoms. The van der Waals surface area contributed by atoms with Crippen LogP contribution in [-0.2, 0) is 14.3 Å². The zero-order valence-electron chi connectivity index (χ0n) is 8.00. The number of esters is 1. The van der Waals surface area contributed by atoms with Crippen LogP contribution in [0.5, 0.6) is 0 Å². The zero-order chi connectivity index (χ0) is 9.47. The molecule has 0 aromatic carbocycles. The molecule has 1 saturated carbocycles. The van der Waals surface area contributed by atoms with Gasteiger partial charge in [-0.1, -0.05) is 6.92 Å². The minimum Gasteiger partial charge on any atom is -0.466 e. The lowest BCUT2D eigenvalue weighted by Gasteiger charge is -2.42. The van der Waals surface area contributed by atoms with Gasteiger partial charge < -0.3 is 9.47 Å². The Morgan fingerprint density at radius 2 is 2.54 bits per heavy atom. The van der Waals surface area contributed by atoms with Crippen LogP contribution in [0.25, 0.3) is 0 Å². The molecule has 2 aliphatic rings. The van der Waals surface area contributed by atoms with Gasteiger partial charge in [-0.15, -0.1) is 0 Å². The third-order valence-corrected chi connectivity index (χ3v) is 3.04. The summed E-state index contributed by atoms with van der Waals surface area (Å²) >= 11 is 0. The molecule has 0 unspecified atom stereocenters. The molecule has 1 saturated heterocycles. The van der Waals surface area contributed by atoms with Gasteiger partial charge in [-0.2, -0.15) is 0 Å². The van der Waals surface area contributed by atoms with Gasteiger partial charge >= 0.3 is 5.97 Å². The van der Waals surface area contributed by atoms with Crippen LogP contribution in [0.15, 0.2) is 11.6 Å². The lowest BCUT2D eigenvalue weighted by atomic mass is 9.64. The Morgan fingerprint density at radius 1 is 1.77 bits per heavy atom. The molecule has 3 heteroatoms. The molecule has 3 nitrogen and oxygen atoms in total. The summed E-state index contributed by atoms with van der Waals surface area (Å²) in [6.07, 6.45) is 3.83. The third-order valence-electron chi connectivity index (χ3n) is 3.04. The van der Waals surface area contributed by atoms with E-state index in [1.807, 2.05) is 0 Å². The van der Waals surface area contributed by atoms with Gasteiger partial charge in [0.2, 0.25) is 0 Å². The maximum absolute atomic E-state index is 11.0. The van der Waals surface area contributed by atoms with Gasteiger partial charge in [-0.3, -0.25) is 0 Å². The van der Waals surface area contributed by atoms with E-state index in [4.69, 9.17) is 4.74 Å².